The SMILES string of the molecule is O=P(O)(O)c1coc2ccccc12. The van der Waals surface area contributed by atoms with Crippen LogP contribution >= 0.6 is 7.60 Å². The van der Waals surface area contributed by atoms with Gasteiger partial charge in [-0.2, -0.15) is 0 Å². The van der Waals surface area contributed by atoms with E-state index in [1.807, 2.05) is 0 Å². The maximum atomic E-state index is 10.9. The first-order chi connectivity index (χ1) is 6.09. The van der Waals surface area contributed by atoms with Gasteiger partial charge in [0.15, 0.2) is 0 Å². The highest BCUT2D eigenvalue weighted by Crippen LogP contribution is 2.36. The maximum absolute atomic E-state index is 10.9. The minimum absolute atomic E-state index is 0.0527. The van der Waals surface area contributed by atoms with Crippen LogP contribution in [0.1, 0.15) is 0 Å². The second kappa shape index (κ2) is 2.70. The molecule has 0 spiro atoms. The Morgan fingerprint density at radius 3 is 2.62 bits per heavy atom. The molecule has 0 aliphatic rings. The lowest BCUT2D eigenvalue weighted by Gasteiger charge is -1.98. The largest absolute Gasteiger partial charge is 0.463 e. The van der Waals surface area contributed by atoms with Gasteiger partial charge in [0.2, 0.25) is 0 Å². The van der Waals surface area contributed by atoms with Gasteiger partial charge in [-0.05, 0) is 6.07 Å². The summed E-state index contributed by atoms with van der Waals surface area (Å²) >= 11 is 0. The van der Waals surface area contributed by atoms with E-state index in [4.69, 9.17) is 14.2 Å². The lowest BCUT2D eigenvalue weighted by atomic mass is 10.3. The van der Waals surface area contributed by atoms with Gasteiger partial charge in [0.05, 0.1) is 0 Å². The second-order valence-electron chi connectivity index (χ2n) is 2.66. The molecule has 0 aliphatic heterocycles. The van der Waals surface area contributed by atoms with Crippen LogP contribution < -0.4 is 5.30 Å². The third-order valence-corrected chi connectivity index (χ3v) is 2.75. The summed E-state index contributed by atoms with van der Waals surface area (Å²) in [6.07, 6.45) is 1.10. The summed E-state index contributed by atoms with van der Waals surface area (Å²) in [6, 6.07) is 6.73. The fourth-order valence-electron chi connectivity index (χ4n) is 1.19. The summed E-state index contributed by atoms with van der Waals surface area (Å²) in [4.78, 5) is 17.9. The number of hydrogen-bond donors (Lipinski definition) is 2. The Balaban J connectivity index is 2.79. The molecule has 1 aromatic heterocycles. The zero-order chi connectivity index (χ0) is 9.47. The molecule has 2 rings (SSSR count). The molecule has 5 heteroatoms. The summed E-state index contributed by atoms with van der Waals surface area (Å²) in [5, 5.41) is 0.416. The number of benzene rings is 1. The molecule has 0 saturated heterocycles. The van der Waals surface area contributed by atoms with Crippen LogP contribution in [0, 0.1) is 0 Å². The van der Waals surface area contributed by atoms with Gasteiger partial charge >= 0.3 is 7.60 Å². The number of hydrogen-bond acceptors (Lipinski definition) is 2. The average Bonchev–Trinajstić information content (AvgIpc) is 2.45. The molecule has 68 valence electrons. The molecule has 0 fully saturated rings. The first-order valence-electron chi connectivity index (χ1n) is 3.61. The fraction of sp³-hybridized carbons (Fsp3) is 0. The molecule has 1 heterocycles. The Kier molecular flexibility index (Phi) is 1.77. The van der Waals surface area contributed by atoms with Crippen molar-refractivity contribution in [3.63, 3.8) is 0 Å². The van der Waals surface area contributed by atoms with Crippen LogP contribution in [0.4, 0.5) is 0 Å². The Hall–Kier alpha value is -1.09. The first-order valence-corrected chi connectivity index (χ1v) is 5.22. The molecular weight excluding hydrogens is 191 g/mol. The van der Waals surface area contributed by atoms with E-state index in [1.54, 1.807) is 24.3 Å². The van der Waals surface area contributed by atoms with E-state index in [0.29, 0.717) is 11.0 Å². The average molecular weight is 198 g/mol. The lowest BCUT2D eigenvalue weighted by Crippen LogP contribution is -2.00. The smallest absolute Gasteiger partial charge is 0.360 e. The van der Waals surface area contributed by atoms with Gasteiger partial charge in [-0.25, -0.2) is 0 Å². The van der Waals surface area contributed by atoms with Crippen molar-refractivity contribution in [2.24, 2.45) is 0 Å². The van der Waals surface area contributed by atoms with Crippen molar-refractivity contribution < 1.29 is 18.8 Å². The molecule has 2 N–H and O–H groups in total. The van der Waals surface area contributed by atoms with E-state index < -0.39 is 7.60 Å². The summed E-state index contributed by atoms with van der Waals surface area (Å²) in [5.41, 5.74) is 0.487. The minimum atomic E-state index is -4.21. The summed E-state index contributed by atoms with van der Waals surface area (Å²) in [5.74, 6) is 0. The highest BCUT2D eigenvalue weighted by atomic mass is 31.2. The summed E-state index contributed by atoms with van der Waals surface area (Å²) in [7, 11) is -4.21. The predicted molar refractivity (Wildman–Crippen MR) is 47.9 cm³/mol. The molecule has 0 unspecified atom stereocenters. The molecule has 0 bridgehead atoms. The van der Waals surface area contributed by atoms with Crippen molar-refractivity contribution in [2.75, 3.05) is 0 Å². The molecule has 0 saturated carbocycles. The van der Waals surface area contributed by atoms with Crippen molar-refractivity contribution in [2.45, 2.75) is 0 Å². The molecule has 0 amide bonds. The zero-order valence-electron chi connectivity index (χ0n) is 6.54. The lowest BCUT2D eigenvalue weighted by molar-refractivity contribution is 0.387. The predicted octanol–water partition coefficient (Wildman–Crippen LogP) is 1.24. The second-order valence-corrected chi connectivity index (χ2v) is 4.23. The van der Waals surface area contributed by atoms with Crippen LogP contribution in [0.2, 0.25) is 0 Å². The van der Waals surface area contributed by atoms with E-state index >= 15 is 0 Å². The Morgan fingerprint density at radius 2 is 1.92 bits per heavy atom. The van der Waals surface area contributed by atoms with Crippen molar-refractivity contribution in [1.82, 2.24) is 0 Å². The zero-order valence-corrected chi connectivity index (χ0v) is 7.44. The van der Waals surface area contributed by atoms with Gasteiger partial charge < -0.3 is 14.2 Å². The molecule has 0 aliphatic carbocycles. The number of para-hydroxylation sites is 1. The van der Waals surface area contributed by atoms with Gasteiger partial charge in [-0.15, -0.1) is 0 Å². The molecule has 4 nitrogen and oxygen atoms in total. The van der Waals surface area contributed by atoms with Gasteiger partial charge in [0, 0.05) is 5.39 Å². The van der Waals surface area contributed by atoms with Crippen LogP contribution in [0.3, 0.4) is 0 Å². The van der Waals surface area contributed by atoms with E-state index in [0.717, 1.165) is 6.26 Å². The van der Waals surface area contributed by atoms with Gasteiger partial charge in [0.1, 0.15) is 17.2 Å². The molecule has 2 aromatic rings. The van der Waals surface area contributed by atoms with E-state index in [-0.39, 0.29) is 5.30 Å². The standard InChI is InChI=1S/C8H7O4P/c9-13(10,11)8-5-12-7-4-2-1-3-6(7)8/h1-5H,(H2,9,10,11). The molecule has 0 radical (unpaired) electrons. The van der Waals surface area contributed by atoms with Crippen molar-refractivity contribution in [3.8, 4) is 0 Å². The van der Waals surface area contributed by atoms with Gasteiger partial charge in [-0.3, -0.25) is 4.57 Å². The molecule has 0 atom stereocenters. The Labute approximate surface area is 74.0 Å². The highest BCUT2D eigenvalue weighted by molar-refractivity contribution is 7.60. The van der Waals surface area contributed by atoms with Gasteiger partial charge in [-0.1, -0.05) is 18.2 Å². The number of fused-ring (bicyclic) bond motifs is 1. The van der Waals surface area contributed by atoms with Crippen molar-refractivity contribution in [3.05, 3.63) is 30.5 Å². The van der Waals surface area contributed by atoms with Gasteiger partial charge in [0.25, 0.3) is 0 Å². The third kappa shape index (κ3) is 1.40. The Morgan fingerprint density at radius 1 is 1.23 bits per heavy atom. The van der Waals surface area contributed by atoms with E-state index in [1.165, 1.54) is 0 Å². The van der Waals surface area contributed by atoms with E-state index in [9.17, 15) is 4.57 Å². The van der Waals surface area contributed by atoms with Crippen LogP contribution in [0.25, 0.3) is 11.0 Å². The summed E-state index contributed by atoms with van der Waals surface area (Å²) in [6.45, 7) is 0. The number of furan rings is 1. The molecule has 13 heavy (non-hydrogen) atoms. The third-order valence-electron chi connectivity index (χ3n) is 1.77. The van der Waals surface area contributed by atoms with Crippen LogP contribution in [-0.4, -0.2) is 9.79 Å². The minimum Gasteiger partial charge on any atom is -0.463 e. The monoisotopic (exact) mass is 198 g/mol. The van der Waals surface area contributed by atoms with Crippen LogP contribution in [0.5, 0.6) is 0 Å². The van der Waals surface area contributed by atoms with Crippen molar-refractivity contribution in [1.29, 1.82) is 0 Å². The fourth-order valence-corrected chi connectivity index (χ4v) is 1.88. The number of rotatable bonds is 1. The van der Waals surface area contributed by atoms with Crippen molar-refractivity contribution >= 4 is 23.9 Å². The quantitative estimate of drug-likeness (QED) is 0.676. The first kappa shape index (κ1) is 8.51. The highest BCUT2D eigenvalue weighted by Gasteiger charge is 2.22. The normalized spacial score (nSPS) is 12.2. The van der Waals surface area contributed by atoms with Crippen LogP contribution in [-0.2, 0) is 4.57 Å². The van der Waals surface area contributed by atoms with Crippen LogP contribution in [0.15, 0.2) is 34.9 Å². The topological polar surface area (TPSA) is 70.7 Å². The Bertz CT molecular complexity index is 482. The molecule has 1 aromatic carbocycles. The maximum Gasteiger partial charge on any atom is 0.360 e. The summed E-state index contributed by atoms with van der Waals surface area (Å²) < 4.78 is 15.9. The molecular formula is C8H7O4P. The van der Waals surface area contributed by atoms with E-state index in [2.05, 4.69) is 0 Å².